The fourth-order valence-electron chi connectivity index (χ4n) is 1.16. The number of allylic oxidation sites excluding steroid dienone is 1. The molecule has 1 heterocycles. The van der Waals surface area contributed by atoms with Crippen LogP contribution in [0.5, 0.6) is 0 Å². The smallest absolute Gasteiger partial charge is 0.0404 e. The molecule has 1 aromatic heterocycles. The number of halogens is 1. The lowest BCUT2D eigenvalue weighted by Gasteiger charge is -1.97. The maximum absolute atomic E-state index is 5.51. The second-order valence-electron chi connectivity index (χ2n) is 3.21. The fourth-order valence-corrected chi connectivity index (χ4v) is 2.31. The lowest BCUT2D eigenvalue weighted by molar-refractivity contribution is 0.769. The molecule has 0 spiro atoms. The summed E-state index contributed by atoms with van der Waals surface area (Å²) in [5.74, 6) is 0.596. The van der Waals surface area contributed by atoms with Gasteiger partial charge in [-0.1, -0.05) is 12.2 Å². The molecule has 1 N–H and O–H groups in total. The van der Waals surface area contributed by atoms with Crippen LogP contribution in [-0.2, 0) is 6.54 Å². The van der Waals surface area contributed by atoms with Gasteiger partial charge < -0.3 is 5.32 Å². The first kappa shape index (κ1) is 11.8. The van der Waals surface area contributed by atoms with E-state index >= 15 is 0 Å². The molecule has 0 aromatic carbocycles. The minimum atomic E-state index is 0.596. The van der Waals surface area contributed by atoms with E-state index in [-0.39, 0.29) is 0 Å². The predicted molar refractivity (Wildman–Crippen MR) is 65.4 cm³/mol. The van der Waals surface area contributed by atoms with Gasteiger partial charge in [-0.2, -0.15) is 0 Å². The fraction of sp³-hybridized carbons (Fsp3) is 0.455. The molecule has 1 aromatic rings. The van der Waals surface area contributed by atoms with E-state index in [9.17, 15) is 0 Å². The van der Waals surface area contributed by atoms with Gasteiger partial charge in [-0.3, -0.25) is 0 Å². The van der Waals surface area contributed by atoms with Crippen molar-refractivity contribution in [2.24, 2.45) is 0 Å². The van der Waals surface area contributed by atoms with Gasteiger partial charge in [0, 0.05) is 28.7 Å². The van der Waals surface area contributed by atoms with Crippen molar-refractivity contribution < 1.29 is 0 Å². The van der Waals surface area contributed by atoms with Crippen LogP contribution < -0.4 is 5.32 Å². The Balaban J connectivity index is 2.28. The Labute approximate surface area is 94.8 Å². The zero-order chi connectivity index (χ0) is 10.4. The Kier molecular flexibility index (Phi) is 5.23. The number of alkyl halides is 1. The minimum Gasteiger partial charge on any atom is -0.308 e. The van der Waals surface area contributed by atoms with Crippen LogP contribution in [0.25, 0.3) is 0 Å². The second kappa shape index (κ2) is 6.23. The maximum Gasteiger partial charge on any atom is 0.0404 e. The van der Waals surface area contributed by atoms with Crippen molar-refractivity contribution in [2.45, 2.75) is 20.4 Å². The Morgan fingerprint density at radius 1 is 1.43 bits per heavy atom. The molecule has 0 atom stereocenters. The van der Waals surface area contributed by atoms with E-state index in [4.69, 9.17) is 11.6 Å². The van der Waals surface area contributed by atoms with Crippen molar-refractivity contribution >= 4 is 22.9 Å². The lowest BCUT2D eigenvalue weighted by Crippen LogP contribution is -2.11. The Morgan fingerprint density at radius 3 is 2.79 bits per heavy atom. The van der Waals surface area contributed by atoms with E-state index < -0.39 is 0 Å². The van der Waals surface area contributed by atoms with Gasteiger partial charge >= 0.3 is 0 Å². The first-order valence-electron chi connectivity index (χ1n) is 4.71. The molecule has 0 unspecified atom stereocenters. The third kappa shape index (κ3) is 3.82. The van der Waals surface area contributed by atoms with Crippen LogP contribution in [0.2, 0.25) is 0 Å². The topological polar surface area (TPSA) is 12.0 Å². The maximum atomic E-state index is 5.51. The van der Waals surface area contributed by atoms with Crippen molar-refractivity contribution in [2.75, 3.05) is 12.4 Å². The summed E-state index contributed by atoms with van der Waals surface area (Å²) in [5, 5.41) is 3.34. The highest BCUT2D eigenvalue weighted by Gasteiger charge is 1.99. The molecule has 14 heavy (non-hydrogen) atoms. The van der Waals surface area contributed by atoms with Crippen LogP contribution in [0.15, 0.2) is 18.2 Å². The number of rotatable bonds is 5. The molecule has 0 saturated carbocycles. The normalized spacial score (nSPS) is 11.4. The Bertz CT molecular complexity index is 285. The molecule has 78 valence electrons. The van der Waals surface area contributed by atoms with Gasteiger partial charge in [-0.05, 0) is 25.5 Å². The summed E-state index contributed by atoms with van der Waals surface area (Å²) in [6.07, 6.45) is 4.01. The van der Waals surface area contributed by atoms with Crippen molar-refractivity contribution in [1.29, 1.82) is 0 Å². The Hall–Kier alpha value is -0.310. The summed E-state index contributed by atoms with van der Waals surface area (Å²) in [6, 6.07) is 2.25. The molecule has 0 radical (unpaired) electrons. The quantitative estimate of drug-likeness (QED) is 0.464. The number of nitrogens with one attached hydrogen (secondary N) is 1. The molecule has 1 rings (SSSR count). The van der Waals surface area contributed by atoms with E-state index in [0.29, 0.717) is 5.88 Å². The van der Waals surface area contributed by atoms with Crippen LogP contribution in [0.3, 0.4) is 0 Å². The molecule has 0 aliphatic carbocycles. The average Bonchev–Trinajstić information content (AvgIpc) is 2.46. The van der Waals surface area contributed by atoms with Gasteiger partial charge in [0.05, 0.1) is 0 Å². The largest absolute Gasteiger partial charge is 0.308 e. The van der Waals surface area contributed by atoms with E-state index in [0.717, 1.165) is 13.1 Å². The number of hydrogen-bond acceptors (Lipinski definition) is 2. The molecule has 0 amide bonds. The monoisotopic (exact) mass is 229 g/mol. The van der Waals surface area contributed by atoms with Crippen LogP contribution in [-0.4, -0.2) is 12.4 Å². The van der Waals surface area contributed by atoms with Gasteiger partial charge in [0.25, 0.3) is 0 Å². The summed E-state index contributed by atoms with van der Waals surface area (Å²) in [7, 11) is 0. The number of aryl methyl sites for hydroxylation is 2. The number of hydrogen-bond donors (Lipinski definition) is 1. The van der Waals surface area contributed by atoms with Gasteiger partial charge in [0.1, 0.15) is 0 Å². The van der Waals surface area contributed by atoms with Gasteiger partial charge in [-0.25, -0.2) is 0 Å². The third-order valence-electron chi connectivity index (χ3n) is 2.03. The van der Waals surface area contributed by atoms with E-state index in [1.54, 1.807) is 0 Å². The summed E-state index contributed by atoms with van der Waals surface area (Å²) in [5.41, 5.74) is 1.39. The van der Waals surface area contributed by atoms with Crippen molar-refractivity contribution in [3.63, 3.8) is 0 Å². The molecule has 0 saturated heterocycles. The van der Waals surface area contributed by atoms with Gasteiger partial charge in [0.15, 0.2) is 0 Å². The zero-order valence-electron chi connectivity index (χ0n) is 8.64. The Morgan fingerprint density at radius 2 is 2.21 bits per heavy atom. The van der Waals surface area contributed by atoms with Crippen molar-refractivity contribution in [3.8, 4) is 0 Å². The zero-order valence-corrected chi connectivity index (χ0v) is 10.2. The van der Waals surface area contributed by atoms with E-state index in [2.05, 4.69) is 31.3 Å². The summed E-state index contributed by atoms with van der Waals surface area (Å²) < 4.78 is 0. The number of thiophene rings is 1. The molecule has 0 bridgehead atoms. The SMILES string of the molecule is Cc1cc(CNC/C=C/CCl)sc1C. The highest BCUT2D eigenvalue weighted by atomic mass is 35.5. The molecular formula is C11H16ClNS. The molecule has 3 heteroatoms. The minimum absolute atomic E-state index is 0.596. The van der Waals surface area contributed by atoms with Gasteiger partial charge in [0.2, 0.25) is 0 Å². The average molecular weight is 230 g/mol. The highest BCUT2D eigenvalue weighted by molar-refractivity contribution is 7.12. The third-order valence-corrected chi connectivity index (χ3v) is 3.36. The second-order valence-corrected chi connectivity index (χ2v) is 4.86. The van der Waals surface area contributed by atoms with Gasteiger partial charge in [-0.15, -0.1) is 22.9 Å². The summed E-state index contributed by atoms with van der Waals surface area (Å²) in [6.45, 7) is 6.16. The van der Waals surface area contributed by atoms with E-state index in [1.807, 2.05) is 17.4 Å². The van der Waals surface area contributed by atoms with Crippen LogP contribution in [0.4, 0.5) is 0 Å². The molecule has 0 fully saturated rings. The van der Waals surface area contributed by atoms with E-state index in [1.165, 1.54) is 15.3 Å². The molecule has 1 nitrogen and oxygen atoms in total. The molecular weight excluding hydrogens is 214 g/mol. The first-order valence-corrected chi connectivity index (χ1v) is 6.06. The van der Waals surface area contributed by atoms with Crippen LogP contribution >= 0.6 is 22.9 Å². The van der Waals surface area contributed by atoms with Crippen molar-refractivity contribution in [3.05, 3.63) is 33.5 Å². The lowest BCUT2D eigenvalue weighted by atomic mass is 10.3. The molecule has 0 aliphatic rings. The first-order chi connectivity index (χ1) is 6.74. The van der Waals surface area contributed by atoms with Crippen LogP contribution in [0, 0.1) is 13.8 Å². The van der Waals surface area contributed by atoms with Crippen LogP contribution in [0.1, 0.15) is 15.3 Å². The molecule has 0 aliphatic heterocycles. The highest BCUT2D eigenvalue weighted by Crippen LogP contribution is 2.19. The predicted octanol–water partition coefficient (Wildman–Crippen LogP) is 3.25. The summed E-state index contributed by atoms with van der Waals surface area (Å²) in [4.78, 5) is 2.82. The summed E-state index contributed by atoms with van der Waals surface area (Å²) >= 11 is 7.37. The van der Waals surface area contributed by atoms with Crippen molar-refractivity contribution in [1.82, 2.24) is 5.32 Å². The standard InChI is InChI=1S/C11H16ClNS/c1-9-7-11(14-10(9)2)8-13-6-4-3-5-12/h3-4,7,13H,5-6,8H2,1-2H3/b4-3+.